The highest BCUT2D eigenvalue weighted by molar-refractivity contribution is 7.08. The van der Waals surface area contributed by atoms with Gasteiger partial charge in [0.05, 0.1) is 20.3 Å². The molecule has 1 heterocycles. The normalized spacial score (nSPS) is 12.2. The Bertz CT molecular complexity index is 525. The quantitative estimate of drug-likeness (QED) is 0.840. The van der Waals surface area contributed by atoms with Gasteiger partial charge in [-0.2, -0.15) is 11.3 Å². The molecule has 108 valence electrons. The van der Waals surface area contributed by atoms with E-state index in [1.807, 2.05) is 18.2 Å². The largest absolute Gasteiger partial charge is 0.497 e. The second-order valence-electron chi connectivity index (χ2n) is 4.55. The van der Waals surface area contributed by atoms with E-state index in [9.17, 15) is 0 Å². The highest BCUT2D eigenvalue weighted by atomic mass is 32.1. The molecule has 0 radical (unpaired) electrons. The number of nitrogens with one attached hydrogen (secondary N) is 1. The highest BCUT2D eigenvalue weighted by Gasteiger charge is 2.18. The van der Waals surface area contributed by atoms with Gasteiger partial charge in [0.15, 0.2) is 0 Å². The topological polar surface area (TPSA) is 30.5 Å². The van der Waals surface area contributed by atoms with Gasteiger partial charge in [0.1, 0.15) is 11.5 Å². The van der Waals surface area contributed by atoms with Gasteiger partial charge in [0, 0.05) is 5.56 Å². The molecule has 0 saturated carbocycles. The Morgan fingerprint density at radius 2 is 2.05 bits per heavy atom. The maximum atomic E-state index is 5.51. The predicted molar refractivity (Wildman–Crippen MR) is 84.0 cm³/mol. The van der Waals surface area contributed by atoms with Gasteiger partial charge in [-0.1, -0.05) is 6.92 Å². The molecule has 2 aromatic rings. The van der Waals surface area contributed by atoms with Gasteiger partial charge in [0.2, 0.25) is 0 Å². The molecule has 4 heteroatoms. The van der Waals surface area contributed by atoms with Crippen molar-refractivity contribution in [2.45, 2.75) is 19.4 Å². The van der Waals surface area contributed by atoms with Gasteiger partial charge in [0.25, 0.3) is 0 Å². The van der Waals surface area contributed by atoms with Gasteiger partial charge in [-0.05, 0) is 53.6 Å². The molecule has 0 spiro atoms. The molecule has 1 N–H and O–H groups in total. The number of hydrogen-bond acceptors (Lipinski definition) is 4. The number of ether oxygens (including phenoxy) is 2. The van der Waals surface area contributed by atoms with Crippen LogP contribution in [0.4, 0.5) is 0 Å². The minimum absolute atomic E-state index is 0.131. The van der Waals surface area contributed by atoms with Crippen LogP contribution in [0.5, 0.6) is 11.5 Å². The van der Waals surface area contributed by atoms with Crippen LogP contribution in [0.25, 0.3) is 0 Å². The lowest BCUT2D eigenvalue weighted by Gasteiger charge is -2.21. The third-order valence-corrected chi connectivity index (χ3v) is 3.92. The van der Waals surface area contributed by atoms with Crippen LogP contribution in [0.3, 0.4) is 0 Å². The third-order valence-electron chi connectivity index (χ3n) is 3.22. The van der Waals surface area contributed by atoms with Crippen LogP contribution in [0.2, 0.25) is 0 Å². The SMILES string of the molecule is CCCNC(c1ccsc1)c1cc(OC)ccc1OC. The zero-order valence-corrected chi connectivity index (χ0v) is 13.0. The summed E-state index contributed by atoms with van der Waals surface area (Å²) in [5.41, 5.74) is 2.37. The summed E-state index contributed by atoms with van der Waals surface area (Å²) in [7, 11) is 3.39. The van der Waals surface area contributed by atoms with E-state index in [0.29, 0.717) is 0 Å². The van der Waals surface area contributed by atoms with E-state index in [4.69, 9.17) is 9.47 Å². The Labute approximate surface area is 124 Å². The Hall–Kier alpha value is -1.52. The van der Waals surface area contributed by atoms with Crippen LogP contribution in [0.15, 0.2) is 35.0 Å². The van der Waals surface area contributed by atoms with Crippen molar-refractivity contribution >= 4 is 11.3 Å². The standard InChI is InChI=1S/C16H21NO2S/c1-4-8-17-16(12-7-9-20-11-12)14-10-13(18-2)5-6-15(14)19-3/h5-7,9-11,16-17H,4,8H2,1-3H3. The van der Waals surface area contributed by atoms with E-state index in [0.717, 1.165) is 30.0 Å². The average molecular weight is 291 g/mol. The summed E-state index contributed by atoms with van der Waals surface area (Å²) in [4.78, 5) is 0. The lowest BCUT2D eigenvalue weighted by molar-refractivity contribution is 0.393. The van der Waals surface area contributed by atoms with Crippen molar-refractivity contribution in [3.05, 3.63) is 46.2 Å². The molecule has 0 fully saturated rings. The summed E-state index contributed by atoms with van der Waals surface area (Å²) >= 11 is 1.71. The fourth-order valence-corrected chi connectivity index (χ4v) is 2.89. The average Bonchev–Trinajstić information content (AvgIpc) is 3.01. The Kier molecular flexibility index (Phi) is 5.44. The molecule has 0 aliphatic rings. The van der Waals surface area contributed by atoms with Crippen molar-refractivity contribution in [2.24, 2.45) is 0 Å². The molecular weight excluding hydrogens is 270 g/mol. The third kappa shape index (κ3) is 3.32. The molecular formula is C16H21NO2S. The maximum absolute atomic E-state index is 5.51. The van der Waals surface area contributed by atoms with Crippen molar-refractivity contribution in [1.82, 2.24) is 5.32 Å². The van der Waals surface area contributed by atoms with Gasteiger partial charge >= 0.3 is 0 Å². The molecule has 1 unspecified atom stereocenters. The van der Waals surface area contributed by atoms with E-state index in [1.165, 1.54) is 5.56 Å². The first-order chi connectivity index (χ1) is 9.80. The van der Waals surface area contributed by atoms with E-state index in [1.54, 1.807) is 25.6 Å². The zero-order valence-electron chi connectivity index (χ0n) is 12.2. The van der Waals surface area contributed by atoms with E-state index in [-0.39, 0.29) is 6.04 Å². The molecule has 0 saturated heterocycles. The summed E-state index contributed by atoms with van der Waals surface area (Å²) in [6.45, 7) is 3.13. The van der Waals surface area contributed by atoms with Crippen molar-refractivity contribution in [3.8, 4) is 11.5 Å². The molecule has 20 heavy (non-hydrogen) atoms. The van der Waals surface area contributed by atoms with Gasteiger partial charge < -0.3 is 14.8 Å². The summed E-state index contributed by atoms with van der Waals surface area (Å²) in [5.74, 6) is 1.73. The van der Waals surface area contributed by atoms with E-state index in [2.05, 4.69) is 29.1 Å². The predicted octanol–water partition coefficient (Wildman–Crippen LogP) is 3.85. The van der Waals surface area contributed by atoms with Gasteiger partial charge in [-0.3, -0.25) is 0 Å². The number of thiophene rings is 1. The molecule has 1 atom stereocenters. The van der Waals surface area contributed by atoms with Crippen LogP contribution in [0.1, 0.15) is 30.5 Å². The first-order valence-electron chi connectivity index (χ1n) is 6.77. The van der Waals surface area contributed by atoms with Crippen LogP contribution >= 0.6 is 11.3 Å². The molecule has 2 rings (SSSR count). The Morgan fingerprint density at radius 3 is 2.65 bits per heavy atom. The van der Waals surface area contributed by atoms with Crippen molar-refractivity contribution in [2.75, 3.05) is 20.8 Å². The van der Waals surface area contributed by atoms with E-state index < -0.39 is 0 Å². The van der Waals surface area contributed by atoms with Gasteiger partial charge in [-0.15, -0.1) is 0 Å². The number of rotatable bonds is 7. The van der Waals surface area contributed by atoms with E-state index >= 15 is 0 Å². The highest BCUT2D eigenvalue weighted by Crippen LogP contribution is 2.33. The molecule has 0 aliphatic heterocycles. The van der Waals surface area contributed by atoms with Crippen LogP contribution < -0.4 is 14.8 Å². The van der Waals surface area contributed by atoms with Crippen LogP contribution in [0, 0.1) is 0 Å². The summed E-state index contributed by atoms with van der Waals surface area (Å²) in [6, 6.07) is 8.21. The van der Waals surface area contributed by atoms with Crippen molar-refractivity contribution < 1.29 is 9.47 Å². The van der Waals surface area contributed by atoms with Crippen LogP contribution in [-0.2, 0) is 0 Å². The van der Waals surface area contributed by atoms with Crippen LogP contribution in [-0.4, -0.2) is 20.8 Å². The molecule has 1 aromatic heterocycles. The Morgan fingerprint density at radius 1 is 1.20 bits per heavy atom. The second kappa shape index (κ2) is 7.31. The minimum Gasteiger partial charge on any atom is -0.497 e. The zero-order chi connectivity index (χ0) is 14.4. The molecule has 0 bridgehead atoms. The first kappa shape index (κ1) is 14.9. The smallest absolute Gasteiger partial charge is 0.124 e. The summed E-state index contributed by atoms with van der Waals surface area (Å²) in [6.07, 6.45) is 1.09. The first-order valence-corrected chi connectivity index (χ1v) is 7.71. The van der Waals surface area contributed by atoms with Gasteiger partial charge in [-0.25, -0.2) is 0 Å². The van der Waals surface area contributed by atoms with Crippen molar-refractivity contribution in [1.29, 1.82) is 0 Å². The molecule has 3 nitrogen and oxygen atoms in total. The number of benzene rings is 1. The maximum Gasteiger partial charge on any atom is 0.124 e. The second-order valence-corrected chi connectivity index (χ2v) is 5.33. The fraction of sp³-hybridized carbons (Fsp3) is 0.375. The lowest BCUT2D eigenvalue weighted by Crippen LogP contribution is -2.23. The summed E-state index contributed by atoms with van der Waals surface area (Å²) in [5, 5.41) is 7.86. The number of hydrogen-bond donors (Lipinski definition) is 1. The molecule has 1 aromatic carbocycles. The lowest BCUT2D eigenvalue weighted by atomic mass is 9.99. The van der Waals surface area contributed by atoms with Crippen molar-refractivity contribution in [3.63, 3.8) is 0 Å². The molecule has 0 aliphatic carbocycles. The number of methoxy groups -OCH3 is 2. The summed E-state index contributed by atoms with van der Waals surface area (Å²) < 4.78 is 10.9. The fourth-order valence-electron chi connectivity index (χ4n) is 2.20. The monoisotopic (exact) mass is 291 g/mol. The minimum atomic E-state index is 0.131. The Balaban J connectivity index is 2.41. The molecule has 0 amide bonds.